The Morgan fingerprint density at radius 1 is 1.31 bits per heavy atom. The molecule has 0 unspecified atom stereocenters. The minimum absolute atomic E-state index is 0.220. The molecule has 0 saturated carbocycles. The molecule has 0 radical (unpaired) electrons. The van der Waals surface area contributed by atoms with Crippen LogP contribution in [0.4, 0.5) is 5.82 Å². The first-order valence-corrected chi connectivity index (χ1v) is 4.89. The van der Waals surface area contributed by atoms with Gasteiger partial charge in [0.05, 0.1) is 0 Å². The highest BCUT2D eigenvalue weighted by Crippen LogP contribution is 2.24. The summed E-state index contributed by atoms with van der Waals surface area (Å²) in [6, 6.07) is 0. The van der Waals surface area contributed by atoms with E-state index in [0.29, 0.717) is 0 Å². The summed E-state index contributed by atoms with van der Waals surface area (Å²) in [6.07, 6.45) is 0. The molecule has 0 aromatic carbocycles. The Balaban J connectivity index is 3.10. The van der Waals surface area contributed by atoms with E-state index in [1.165, 1.54) is 0 Å². The van der Waals surface area contributed by atoms with Gasteiger partial charge in [0.2, 0.25) is 0 Å². The highest BCUT2D eigenvalue weighted by molar-refractivity contribution is 7.87. The summed E-state index contributed by atoms with van der Waals surface area (Å²) in [7, 11) is -4.44. The van der Waals surface area contributed by atoms with Crippen LogP contribution >= 0.6 is 23.2 Å². The fraction of sp³-hybridized carbons (Fsp3) is 0. The third-order valence-corrected chi connectivity index (χ3v) is 2.06. The smallest absolute Gasteiger partial charge is 0.269 e. The molecule has 1 heterocycles. The zero-order valence-electron chi connectivity index (χ0n) is 5.77. The van der Waals surface area contributed by atoms with Crippen molar-refractivity contribution in [2.45, 2.75) is 0 Å². The Morgan fingerprint density at radius 3 is 2.46 bits per heavy atom. The van der Waals surface area contributed by atoms with Crippen LogP contribution in [0.1, 0.15) is 0 Å². The average molecular weight is 245 g/mol. The number of anilines is 1. The van der Waals surface area contributed by atoms with Crippen LogP contribution in [0.3, 0.4) is 0 Å². The molecular weight excluding hydrogens is 243 g/mol. The molecular formula is C3H2Cl2N4O3S. The van der Waals surface area contributed by atoms with Gasteiger partial charge in [0.1, 0.15) is 5.02 Å². The van der Waals surface area contributed by atoms with Crippen molar-refractivity contribution in [1.29, 1.82) is 0 Å². The van der Waals surface area contributed by atoms with Gasteiger partial charge in [-0.1, -0.05) is 23.2 Å². The van der Waals surface area contributed by atoms with Crippen LogP contribution in [0, 0.1) is 0 Å². The standard InChI is InChI=1S/C3H2Cl2N4O3S/c4-1-2(5)6-9-7-3(1)8-13(10,11)12/h(H,6,7,8)(H,10,11,12). The maximum absolute atomic E-state index is 10.3. The van der Waals surface area contributed by atoms with E-state index in [1.807, 2.05) is 0 Å². The van der Waals surface area contributed by atoms with Crippen LogP contribution in [0.15, 0.2) is 0 Å². The van der Waals surface area contributed by atoms with E-state index in [9.17, 15) is 8.42 Å². The van der Waals surface area contributed by atoms with Crippen molar-refractivity contribution in [2.75, 3.05) is 4.72 Å². The quantitative estimate of drug-likeness (QED) is 0.730. The normalized spacial score (nSPS) is 11.3. The Kier molecular flexibility index (Phi) is 2.86. The zero-order chi connectivity index (χ0) is 10.1. The fourth-order valence-electron chi connectivity index (χ4n) is 0.479. The first kappa shape index (κ1) is 10.4. The number of nitrogens with zero attached hydrogens (tertiary/aromatic N) is 3. The summed E-state index contributed by atoms with van der Waals surface area (Å²) in [5.74, 6) is -0.385. The third-order valence-electron chi connectivity index (χ3n) is 0.892. The highest BCUT2D eigenvalue weighted by atomic mass is 35.5. The molecule has 2 N–H and O–H groups in total. The Morgan fingerprint density at radius 2 is 1.92 bits per heavy atom. The second-order valence-electron chi connectivity index (χ2n) is 1.82. The second kappa shape index (κ2) is 3.58. The molecule has 0 aliphatic heterocycles. The summed E-state index contributed by atoms with van der Waals surface area (Å²) in [4.78, 5) is 0. The molecule has 0 atom stereocenters. The molecule has 0 spiro atoms. The fourth-order valence-corrected chi connectivity index (χ4v) is 1.17. The molecule has 0 saturated heterocycles. The molecule has 0 bridgehead atoms. The number of nitrogens with one attached hydrogen (secondary N) is 1. The maximum atomic E-state index is 10.3. The Bertz CT molecular complexity index is 421. The molecule has 0 aliphatic carbocycles. The van der Waals surface area contributed by atoms with Crippen LogP contribution in [0.5, 0.6) is 0 Å². The van der Waals surface area contributed by atoms with Crippen molar-refractivity contribution in [3.05, 3.63) is 10.2 Å². The van der Waals surface area contributed by atoms with E-state index < -0.39 is 10.3 Å². The molecule has 7 nitrogen and oxygen atoms in total. The number of hydrogen-bond donors (Lipinski definition) is 2. The molecule has 1 aromatic heterocycles. The van der Waals surface area contributed by atoms with Gasteiger partial charge in [0, 0.05) is 0 Å². The van der Waals surface area contributed by atoms with E-state index in [-0.39, 0.29) is 16.0 Å². The van der Waals surface area contributed by atoms with Gasteiger partial charge in [0.25, 0.3) is 0 Å². The number of halogens is 2. The monoisotopic (exact) mass is 244 g/mol. The van der Waals surface area contributed by atoms with Gasteiger partial charge in [-0.3, -0.25) is 4.55 Å². The first-order chi connectivity index (χ1) is 5.90. The summed E-state index contributed by atoms with van der Waals surface area (Å²) >= 11 is 10.8. The van der Waals surface area contributed by atoms with E-state index in [4.69, 9.17) is 27.8 Å². The van der Waals surface area contributed by atoms with Gasteiger partial charge in [-0.2, -0.15) is 8.42 Å². The molecule has 0 fully saturated rings. The minimum atomic E-state index is -4.44. The summed E-state index contributed by atoms with van der Waals surface area (Å²) in [5, 5.41) is 9.04. The predicted molar refractivity (Wildman–Crippen MR) is 45.0 cm³/mol. The van der Waals surface area contributed by atoms with Crippen LogP contribution in [-0.4, -0.2) is 28.4 Å². The molecule has 10 heteroatoms. The Labute approximate surface area is 82.9 Å². The van der Waals surface area contributed by atoms with Crippen molar-refractivity contribution in [1.82, 2.24) is 15.4 Å². The van der Waals surface area contributed by atoms with Crippen molar-refractivity contribution in [3.63, 3.8) is 0 Å². The van der Waals surface area contributed by atoms with E-state index in [2.05, 4.69) is 15.4 Å². The SMILES string of the molecule is O=S(=O)(O)Nc1nnnc(Cl)c1Cl. The molecule has 0 amide bonds. The van der Waals surface area contributed by atoms with Crippen molar-refractivity contribution in [2.24, 2.45) is 0 Å². The van der Waals surface area contributed by atoms with Crippen LogP contribution in [-0.2, 0) is 10.3 Å². The lowest BCUT2D eigenvalue weighted by molar-refractivity contribution is 0.489. The number of aromatic nitrogens is 3. The van der Waals surface area contributed by atoms with Crippen LogP contribution in [0.2, 0.25) is 10.2 Å². The van der Waals surface area contributed by atoms with Gasteiger partial charge in [-0.25, -0.2) is 4.72 Å². The minimum Gasteiger partial charge on any atom is -0.269 e. The third kappa shape index (κ3) is 2.92. The molecule has 0 aliphatic rings. The summed E-state index contributed by atoms with van der Waals surface area (Å²) in [5.41, 5.74) is 0. The number of hydrogen-bond acceptors (Lipinski definition) is 5. The van der Waals surface area contributed by atoms with Gasteiger partial charge < -0.3 is 0 Å². The zero-order valence-corrected chi connectivity index (χ0v) is 8.10. The lowest BCUT2D eigenvalue weighted by atomic mass is 10.6. The van der Waals surface area contributed by atoms with Crippen molar-refractivity contribution >= 4 is 39.3 Å². The van der Waals surface area contributed by atoms with E-state index >= 15 is 0 Å². The average Bonchev–Trinajstić information content (AvgIpc) is 1.96. The molecule has 1 rings (SSSR count). The van der Waals surface area contributed by atoms with Crippen molar-refractivity contribution < 1.29 is 13.0 Å². The Hall–Kier alpha value is -0.700. The predicted octanol–water partition coefficient (Wildman–Crippen LogP) is 0.393. The molecule has 13 heavy (non-hydrogen) atoms. The van der Waals surface area contributed by atoms with E-state index in [1.54, 1.807) is 4.72 Å². The van der Waals surface area contributed by atoms with Gasteiger partial charge in [-0.05, 0) is 5.21 Å². The second-order valence-corrected chi connectivity index (χ2v) is 3.71. The van der Waals surface area contributed by atoms with Gasteiger partial charge >= 0.3 is 10.3 Å². The van der Waals surface area contributed by atoms with Crippen LogP contribution < -0.4 is 4.72 Å². The highest BCUT2D eigenvalue weighted by Gasteiger charge is 2.13. The van der Waals surface area contributed by atoms with E-state index in [0.717, 1.165) is 0 Å². The topological polar surface area (TPSA) is 105 Å². The lowest BCUT2D eigenvalue weighted by Gasteiger charge is -2.01. The largest absolute Gasteiger partial charge is 0.358 e. The molecule has 1 aromatic rings. The van der Waals surface area contributed by atoms with Crippen LogP contribution in [0.25, 0.3) is 0 Å². The van der Waals surface area contributed by atoms with Crippen molar-refractivity contribution in [3.8, 4) is 0 Å². The first-order valence-electron chi connectivity index (χ1n) is 2.70. The molecule has 72 valence electrons. The summed E-state index contributed by atoms with van der Waals surface area (Å²) < 4.78 is 30.6. The van der Waals surface area contributed by atoms with Gasteiger partial charge in [-0.15, -0.1) is 10.2 Å². The summed E-state index contributed by atoms with van der Waals surface area (Å²) in [6.45, 7) is 0. The lowest BCUT2D eigenvalue weighted by Crippen LogP contribution is -2.13. The maximum Gasteiger partial charge on any atom is 0.358 e. The number of rotatable bonds is 2. The van der Waals surface area contributed by atoms with Gasteiger partial charge in [0.15, 0.2) is 11.0 Å².